The standard InChI is InChI=1S/C19H33F3N6O/c1-5-23-17(25-12-15-26-16(29-27-15)18(2,3)4)24-9-6-14-7-10-28(11-8-14)13-19(20,21)22/h14H,5-13H2,1-4H3,(H2,23,24,25). The summed E-state index contributed by atoms with van der Waals surface area (Å²) in [5.74, 6) is 2.22. The Labute approximate surface area is 170 Å². The molecule has 0 saturated carbocycles. The molecule has 166 valence electrons. The molecule has 0 bridgehead atoms. The predicted octanol–water partition coefficient (Wildman–Crippen LogP) is 3.09. The lowest BCUT2D eigenvalue weighted by Crippen LogP contribution is -2.41. The van der Waals surface area contributed by atoms with Crippen molar-refractivity contribution in [2.45, 2.75) is 65.1 Å². The summed E-state index contributed by atoms with van der Waals surface area (Å²) in [6.07, 6.45) is -1.62. The quantitative estimate of drug-likeness (QED) is 0.523. The number of aliphatic imine (C=N–C) groups is 1. The highest BCUT2D eigenvalue weighted by molar-refractivity contribution is 5.79. The van der Waals surface area contributed by atoms with Crippen molar-refractivity contribution in [1.82, 2.24) is 25.7 Å². The zero-order chi connectivity index (χ0) is 21.5. The average molecular weight is 419 g/mol. The number of guanidine groups is 1. The molecule has 0 aliphatic carbocycles. The van der Waals surface area contributed by atoms with E-state index < -0.39 is 12.7 Å². The van der Waals surface area contributed by atoms with Gasteiger partial charge >= 0.3 is 6.18 Å². The van der Waals surface area contributed by atoms with Crippen LogP contribution in [0.15, 0.2) is 9.52 Å². The van der Waals surface area contributed by atoms with Crippen LogP contribution in [-0.2, 0) is 12.0 Å². The van der Waals surface area contributed by atoms with Crippen LogP contribution in [0.1, 0.15) is 58.7 Å². The fraction of sp³-hybridized carbons (Fsp3) is 0.842. The average Bonchev–Trinajstić information content (AvgIpc) is 3.09. The number of aromatic nitrogens is 2. The number of rotatable bonds is 7. The van der Waals surface area contributed by atoms with Crippen molar-refractivity contribution in [2.75, 3.05) is 32.7 Å². The van der Waals surface area contributed by atoms with E-state index in [0.717, 1.165) is 32.4 Å². The summed E-state index contributed by atoms with van der Waals surface area (Å²) in [5.41, 5.74) is -0.201. The largest absolute Gasteiger partial charge is 0.401 e. The van der Waals surface area contributed by atoms with E-state index in [2.05, 4.69) is 25.8 Å². The van der Waals surface area contributed by atoms with E-state index in [1.807, 2.05) is 27.7 Å². The van der Waals surface area contributed by atoms with Gasteiger partial charge in [-0.05, 0) is 45.2 Å². The van der Waals surface area contributed by atoms with Gasteiger partial charge in [-0.25, -0.2) is 4.99 Å². The first-order valence-corrected chi connectivity index (χ1v) is 10.2. The van der Waals surface area contributed by atoms with E-state index in [1.54, 1.807) is 0 Å². The fourth-order valence-electron chi connectivity index (χ4n) is 3.20. The molecule has 1 aliphatic heterocycles. The van der Waals surface area contributed by atoms with Crippen LogP contribution >= 0.6 is 0 Å². The second kappa shape index (κ2) is 10.3. The minimum absolute atomic E-state index is 0.201. The summed E-state index contributed by atoms with van der Waals surface area (Å²) in [4.78, 5) is 10.4. The molecule has 7 nitrogen and oxygen atoms in total. The van der Waals surface area contributed by atoms with E-state index in [1.165, 1.54) is 4.90 Å². The number of hydrogen-bond donors (Lipinski definition) is 2. The van der Waals surface area contributed by atoms with Crippen LogP contribution in [-0.4, -0.2) is 59.9 Å². The monoisotopic (exact) mass is 418 g/mol. The van der Waals surface area contributed by atoms with Gasteiger partial charge in [0.2, 0.25) is 5.89 Å². The van der Waals surface area contributed by atoms with E-state index in [9.17, 15) is 13.2 Å². The SMILES string of the molecule is CCNC(=NCc1noc(C(C)(C)C)n1)NCCC1CCN(CC(F)(F)F)CC1. The van der Waals surface area contributed by atoms with Crippen LogP contribution in [0, 0.1) is 5.92 Å². The molecule has 0 amide bonds. The molecule has 0 unspecified atom stereocenters. The van der Waals surface area contributed by atoms with Gasteiger partial charge in [0, 0.05) is 18.5 Å². The molecule has 29 heavy (non-hydrogen) atoms. The summed E-state index contributed by atoms with van der Waals surface area (Å²) in [6.45, 7) is 9.97. The van der Waals surface area contributed by atoms with Gasteiger partial charge in [0.05, 0.1) is 6.54 Å². The first-order chi connectivity index (χ1) is 13.6. The van der Waals surface area contributed by atoms with Gasteiger partial charge in [-0.1, -0.05) is 25.9 Å². The lowest BCUT2D eigenvalue weighted by atomic mass is 9.93. The highest BCUT2D eigenvalue weighted by Crippen LogP contribution is 2.24. The Bertz CT molecular complexity index is 645. The maximum absolute atomic E-state index is 12.5. The number of nitrogens with zero attached hydrogens (tertiary/aromatic N) is 4. The third kappa shape index (κ3) is 8.59. The van der Waals surface area contributed by atoms with E-state index >= 15 is 0 Å². The normalized spacial score (nSPS) is 17.6. The third-order valence-corrected chi connectivity index (χ3v) is 4.79. The summed E-state index contributed by atoms with van der Waals surface area (Å²) in [7, 11) is 0. The Morgan fingerprint density at radius 1 is 1.21 bits per heavy atom. The van der Waals surface area contributed by atoms with Crippen molar-refractivity contribution in [3.63, 3.8) is 0 Å². The molecule has 1 aromatic rings. The van der Waals surface area contributed by atoms with Gasteiger partial charge in [0.25, 0.3) is 0 Å². The van der Waals surface area contributed by atoms with Gasteiger partial charge in [0.15, 0.2) is 11.8 Å². The Balaban J connectivity index is 1.75. The zero-order valence-corrected chi connectivity index (χ0v) is 17.8. The van der Waals surface area contributed by atoms with E-state index in [0.29, 0.717) is 43.2 Å². The summed E-state index contributed by atoms with van der Waals surface area (Å²) in [6, 6.07) is 0. The molecule has 0 atom stereocenters. The molecular weight excluding hydrogens is 385 g/mol. The molecule has 2 heterocycles. The second-order valence-corrected chi connectivity index (χ2v) is 8.51. The Hall–Kier alpha value is -1.84. The first kappa shape index (κ1) is 23.4. The van der Waals surface area contributed by atoms with Crippen molar-refractivity contribution in [1.29, 1.82) is 0 Å². The van der Waals surface area contributed by atoms with Crippen molar-refractivity contribution in [3.8, 4) is 0 Å². The van der Waals surface area contributed by atoms with Gasteiger partial charge < -0.3 is 15.2 Å². The highest BCUT2D eigenvalue weighted by atomic mass is 19.4. The molecule has 0 spiro atoms. The summed E-state index contributed by atoms with van der Waals surface area (Å²) < 4.78 is 42.7. The van der Waals surface area contributed by atoms with Crippen LogP contribution in [0.25, 0.3) is 0 Å². The molecule has 10 heteroatoms. The van der Waals surface area contributed by atoms with Crippen molar-refractivity contribution in [3.05, 3.63) is 11.7 Å². The topological polar surface area (TPSA) is 78.6 Å². The fourth-order valence-corrected chi connectivity index (χ4v) is 3.20. The van der Waals surface area contributed by atoms with Crippen molar-refractivity contribution < 1.29 is 17.7 Å². The van der Waals surface area contributed by atoms with Crippen LogP contribution in [0.2, 0.25) is 0 Å². The minimum Gasteiger partial charge on any atom is -0.357 e. The van der Waals surface area contributed by atoms with E-state index in [4.69, 9.17) is 4.52 Å². The maximum atomic E-state index is 12.5. The first-order valence-electron chi connectivity index (χ1n) is 10.2. The maximum Gasteiger partial charge on any atom is 0.401 e. The number of nitrogens with one attached hydrogen (secondary N) is 2. The lowest BCUT2D eigenvalue weighted by molar-refractivity contribution is -0.148. The minimum atomic E-state index is -4.11. The second-order valence-electron chi connectivity index (χ2n) is 8.51. The Morgan fingerprint density at radius 2 is 1.90 bits per heavy atom. The molecule has 2 N–H and O–H groups in total. The van der Waals surface area contributed by atoms with Gasteiger partial charge in [-0.15, -0.1) is 0 Å². The number of hydrogen-bond acceptors (Lipinski definition) is 5. The highest BCUT2D eigenvalue weighted by Gasteiger charge is 2.32. The Kier molecular flexibility index (Phi) is 8.30. The van der Waals surface area contributed by atoms with Crippen LogP contribution < -0.4 is 10.6 Å². The molecule has 1 fully saturated rings. The van der Waals surface area contributed by atoms with Crippen LogP contribution in [0.4, 0.5) is 13.2 Å². The number of halogens is 3. The van der Waals surface area contributed by atoms with Crippen molar-refractivity contribution in [2.24, 2.45) is 10.9 Å². The molecule has 1 aromatic heterocycles. The molecule has 0 radical (unpaired) electrons. The van der Waals surface area contributed by atoms with Gasteiger partial charge in [-0.2, -0.15) is 18.2 Å². The predicted molar refractivity (Wildman–Crippen MR) is 106 cm³/mol. The van der Waals surface area contributed by atoms with Crippen molar-refractivity contribution >= 4 is 5.96 Å². The van der Waals surface area contributed by atoms with Crippen LogP contribution in [0.3, 0.4) is 0 Å². The van der Waals surface area contributed by atoms with Gasteiger partial charge in [-0.3, -0.25) is 4.90 Å². The number of likely N-dealkylation sites (tertiary alicyclic amines) is 1. The lowest BCUT2D eigenvalue weighted by Gasteiger charge is -2.32. The molecule has 2 rings (SSSR count). The smallest absolute Gasteiger partial charge is 0.357 e. The summed E-state index contributed by atoms with van der Waals surface area (Å²) >= 11 is 0. The Morgan fingerprint density at radius 3 is 2.45 bits per heavy atom. The van der Waals surface area contributed by atoms with Crippen LogP contribution in [0.5, 0.6) is 0 Å². The number of alkyl halides is 3. The summed E-state index contributed by atoms with van der Waals surface area (Å²) in [5, 5.41) is 10.4. The van der Waals surface area contributed by atoms with E-state index in [-0.39, 0.29) is 5.41 Å². The van der Waals surface area contributed by atoms with Gasteiger partial charge in [0.1, 0.15) is 6.54 Å². The zero-order valence-electron chi connectivity index (χ0n) is 17.8. The molecule has 1 saturated heterocycles. The molecule has 1 aliphatic rings. The molecule has 0 aromatic carbocycles. The third-order valence-electron chi connectivity index (χ3n) is 4.79. The number of piperidine rings is 1. The molecular formula is C19H33F3N6O.